The standard InChI is InChI=1S/C26H24ClFN6O/c27-18-7-2-5-14-4-1-6-16(21(14)18)23-22(28)24-17(11-29-23)25(32-26(31-24)33-8-3-9-33)34-12-15-10-20(35)19(13-34)30-15/h1-2,4-7,11,15,19-20,30,35H,3,8-10,12-13H2/t15-,19-,20-/m1/s1. The van der Waals surface area contributed by atoms with Crippen molar-refractivity contribution in [3.63, 3.8) is 0 Å². The van der Waals surface area contributed by atoms with Gasteiger partial charge in [0.15, 0.2) is 5.82 Å². The lowest BCUT2D eigenvalue weighted by atomic mass is 10.0. The molecule has 0 spiro atoms. The van der Waals surface area contributed by atoms with E-state index in [4.69, 9.17) is 16.6 Å². The van der Waals surface area contributed by atoms with Crippen molar-refractivity contribution in [3.8, 4) is 11.3 Å². The van der Waals surface area contributed by atoms with Gasteiger partial charge in [-0.1, -0.05) is 41.9 Å². The Balaban J connectivity index is 1.42. The highest BCUT2D eigenvalue weighted by molar-refractivity contribution is 6.36. The third-order valence-corrected chi connectivity index (χ3v) is 7.81. The Kier molecular flexibility index (Phi) is 4.84. The first-order valence-electron chi connectivity index (χ1n) is 12.0. The van der Waals surface area contributed by atoms with Crippen LogP contribution in [0.4, 0.5) is 16.2 Å². The van der Waals surface area contributed by atoms with Crippen molar-refractivity contribution in [1.29, 1.82) is 0 Å². The number of piperazine rings is 1. The molecule has 7 rings (SSSR count). The number of anilines is 2. The van der Waals surface area contributed by atoms with Crippen molar-refractivity contribution in [2.45, 2.75) is 31.0 Å². The highest BCUT2D eigenvalue weighted by atomic mass is 35.5. The molecule has 3 aliphatic rings. The molecular formula is C26H24ClFN6O. The lowest BCUT2D eigenvalue weighted by Crippen LogP contribution is -2.53. The summed E-state index contributed by atoms with van der Waals surface area (Å²) in [5, 5.41) is 16.7. The molecule has 0 amide bonds. The Morgan fingerprint density at radius 1 is 1.06 bits per heavy atom. The molecule has 0 aliphatic carbocycles. The molecule has 0 unspecified atom stereocenters. The summed E-state index contributed by atoms with van der Waals surface area (Å²) in [7, 11) is 0. The summed E-state index contributed by atoms with van der Waals surface area (Å²) >= 11 is 6.53. The number of benzene rings is 2. The van der Waals surface area contributed by atoms with Crippen LogP contribution in [0.15, 0.2) is 42.6 Å². The van der Waals surface area contributed by atoms with E-state index in [1.165, 1.54) is 0 Å². The molecule has 2 aromatic heterocycles. The van der Waals surface area contributed by atoms with Crippen molar-refractivity contribution < 1.29 is 9.50 Å². The van der Waals surface area contributed by atoms with E-state index in [-0.39, 0.29) is 29.4 Å². The maximum atomic E-state index is 16.3. The van der Waals surface area contributed by atoms with Gasteiger partial charge in [0, 0.05) is 54.4 Å². The van der Waals surface area contributed by atoms with Crippen molar-refractivity contribution >= 4 is 45.0 Å². The fourth-order valence-corrected chi connectivity index (χ4v) is 5.88. The molecule has 9 heteroatoms. The van der Waals surface area contributed by atoms with Gasteiger partial charge < -0.3 is 20.2 Å². The zero-order chi connectivity index (χ0) is 23.7. The second-order valence-electron chi connectivity index (χ2n) is 9.69. The summed E-state index contributed by atoms with van der Waals surface area (Å²) in [4.78, 5) is 18.4. The maximum Gasteiger partial charge on any atom is 0.228 e. The number of nitrogens with zero attached hydrogens (tertiary/aromatic N) is 5. The first-order chi connectivity index (χ1) is 17.1. The highest BCUT2D eigenvalue weighted by Crippen LogP contribution is 2.38. The van der Waals surface area contributed by atoms with Gasteiger partial charge in [0.2, 0.25) is 5.95 Å². The Labute approximate surface area is 206 Å². The number of hydrogen-bond acceptors (Lipinski definition) is 7. The monoisotopic (exact) mass is 490 g/mol. The van der Waals surface area contributed by atoms with Crippen LogP contribution in [0.2, 0.25) is 5.02 Å². The second-order valence-corrected chi connectivity index (χ2v) is 10.1. The van der Waals surface area contributed by atoms with E-state index in [1.54, 1.807) is 6.20 Å². The molecule has 35 heavy (non-hydrogen) atoms. The van der Waals surface area contributed by atoms with Crippen molar-refractivity contribution in [1.82, 2.24) is 20.3 Å². The molecule has 7 nitrogen and oxygen atoms in total. The number of aliphatic hydroxyl groups is 1. The number of rotatable bonds is 3. The fraction of sp³-hybridized carbons (Fsp3) is 0.346. The number of hydrogen-bond donors (Lipinski definition) is 2. The topological polar surface area (TPSA) is 77.4 Å². The van der Waals surface area contributed by atoms with Crippen LogP contribution in [-0.2, 0) is 0 Å². The van der Waals surface area contributed by atoms with E-state index < -0.39 is 5.82 Å². The number of nitrogens with one attached hydrogen (secondary N) is 1. The minimum Gasteiger partial charge on any atom is -0.391 e. The molecule has 3 aliphatic heterocycles. The molecule has 3 fully saturated rings. The SMILES string of the molecule is O[C@@H]1C[C@@H]2CN(c3nc(N4CCC4)nc4c(F)c(-c5cccc6cccc(Cl)c56)ncc34)C[C@H]1N2. The van der Waals surface area contributed by atoms with Crippen LogP contribution >= 0.6 is 11.6 Å². The maximum absolute atomic E-state index is 16.3. The van der Waals surface area contributed by atoms with Gasteiger partial charge in [-0.3, -0.25) is 4.98 Å². The van der Waals surface area contributed by atoms with Gasteiger partial charge in [0.1, 0.15) is 17.0 Å². The molecule has 0 radical (unpaired) electrons. The van der Waals surface area contributed by atoms with E-state index in [0.29, 0.717) is 47.2 Å². The van der Waals surface area contributed by atoms with Crippen LogP contribution < -0.4 is 15.1 Å². The number of halogens is 2. The lowest BCUT2D eigenvalue weighted by molar-refractivity contribution is 0.163. The van der Waals surface area contributed by atoms with Crippen LogP contribution in [0.25, 0.3) is 32.9 Å². The minimum atomic E-state index is -0.474. The molecule has 178 valence electrons. The third-order valence-electron chi connectivity index (χ3n) is 7.50. The zero-order valence-electron chi connectivity index (χ0n) is 19.0. The molecule has 3 saturated heterocycles. The molecule has 2 bridgehead atoms. The quantitative estimate of drug-likeness (QED) is 0.453. The normalized spacial score (nSPS) is 23.8. The summed E-state index contributed by atoms with van der Waals surface area (Å²) in [5.41, 5.74) is 1.13. The summed E-state index contributed by atoms with van der Waals surface area (Å²) in [6, 6.07) is 11.5. The van der Waals surface area contributed by atoms with E-state index >= 15 is 4.39 Å². The van der Waals surface area contributed by atoms with Gasteiger partial charge in [-0.2, -0.15) is 4.98 Å². The summed E-state index contributed by atoms with van der Waals surface area (Å²) in [5.74, 6) is 0.743. The van der Waals surface area contributed by atoms with Crippen molar-refractivity contribution in [2.75, 3.05) is 36.0 Å². The van der Waals surface area contributed by atoms with Gasteiger partial charge >= 0.3 is 0 Å². The molecule has 0 saturated carbocycles. The average molecular weight is 491 g/mol. The number of fused-ring (bicyclic) bond motifs is 4. The first-order valence-corrected chi connectivity index (χ1v) is 12.4. The average Bonchev–Trinajstić information content (AvgIpc) is 3.08. The van der Waals surface area contributed by atoms with Crippen LogP contribution in [0.3, 0.4) is 0 Å². The van der Waals surface area contributed by atoms with E-state index in [1.807, 2.05) is 36.4 Å². The molecular weight excluding hydrogens is 467 g/mol. The first kappa shape index (κ1) is 21.2. The highest BCUT2D eigenvalue weighted by Gasteiger charge is 2.40. The Morgan fingerprint density at radius 3 is 2.66 bits per heavy atom. The summed E-state index contributed by atoms with van der Waals surface area (Å²) in [6.45, 7) is 3.01. The van der Waals surface area contributed by atoms with E-state index in [2.05, 4.69) is 25.1 Å². The van der Waals surface area contributed by atoms with E-state index in [9.17, 15) is 5.11 Å². The summed E-state index contributed by atoms with van der Waals surface area (Å²) < 4.78 is 16.3. The predicted molar refractivity (Wildman–Crippen MR) is 136 cm³/mol. The van der Waals surface area contributed by atoms with Crippen LogP contribution in [-0.4, -0.2) is 64.4 Å². The molecule has 2 aromatic carbocycles. The summed E-state index contributed by atoms with van der Waals surface area (Å²) in [6.07, 6.45) is 3.07. The lowest BCUT2D eigenvalue weighted by Gasteiger charge is -2.36. The van der Waals surface area contributed by atoms with Crippen LogP contribution in [0.1, 0.15) is 12.8 Å². The van der Waals surface area contributed by atoms with E-state index in [0.717, 1.165) is 30.3 Å². The van der Waals surface area contributed by atoms with Crippen molar-refractivity contribution in [2.24, 2.45) is 0 Å². The fourth-order valence-electron chi connectivity index (χ4n) is 5.60. The zero-order valence-corrected chi connectivity index (χ0v) is 19.7. The number of pyridine rings is 1. The number of aliphatic hydroxyl groups excluding tert-OH is 1. The smallest absolute Gasteiger partial charge is 0.228 e. The Morgan fingerprint density at radius 2 is 1.89 bits per heavy atom. The third kappa shape index (κ3) is 3.35. The van der Waals surface area contributed by atoms with Crippen LogP contribution in [0.5, 0.6) is 0 Å². The minimum absolute atomic E-state index is 0.0267. The Hall–Kier alpha value is -3.07. The van der Waals surface area contributed by atoms with Gasteiger partial charge in [-0.15, -0.1) is 0 Å². The van der Waals surface area contributed by atoms with Gasteiger partial charge in [-0.25, -0.2) is 9.37 Å². The molecule has 2 N–H and O–H groups in total. The number of aromatic nitrogens is 3. The molecule has 3 atom stereocenters. The second kappa shape index (κ2) is 7.98. The largest absolute Gasteiger partial charge is 0.391 e. The Bertz CT molecular complexity index is 1470. The van der Waals surface area contributed by atoms with Gasteiger partial charge in [0.25, 0.3) is 0 Å². The van der Waals surface area contributed by atoms with Crippen molar-refractivity contribution in [3.05, 3.63) is 53.4 Å². The molecule has 5 heterocycles. The van der Waals surface area contributed by atoms with Gasteiger partial charge in [0.05, 0.1) is 17.5 Å². The predicted octanol–water partition coefficient (Wildman–Crippen LogP) is 3.76. The van der Waals surface area contributed by atoms with Gasteiger partial charge in [-0.05, 0) is 24.3 Å². The molecule has 4 aromatic rings. The van der Waals surface area contributed by atoms with Crippen LogP contribution in [0, 0.1) is 5.82 Å².